The fourth-order valence-corrected chi connectivity index (χ4v) is 2.93. The molecule has 2 N–H and O–H groups in total. The van der Waals surface area contributed by atoms with Crippen molar-refractivity contribution < 1.29 is 14.7 Å². The van der Waals surface area contributed by atoms with Gasteiger partial charge >= 0.3 is 12.0 Å². The molecule has 0 bridgehead atoms. The summed E-state index contributed by atoms with van der Waals surface area (Å²) in [4.78, 5) is 25.7. The molecule has 2 amide bonds. The molecular formula is C16H30N2O3. The van der Waals surface area contributed by atoms with Crippen LogP contribution in [-0.2, 0) is 4.79 Å². The average molecular weight is 298 g/mol. The molecule has 1 saturated carbocycles. The van der Waals surface area contributed by atoms with E-state index in [1.807, 2.05) is 18.7 Å². The van der Waals surface area contributed by atoms with E-state index in [1.54, 1.807) is 0 Å². The predicted octanol–water partition coefficient (Wildman–Crippen LogP) is 3.10. The molecule has 1 rings (SSSR count). The molecule has 5 nitrogen and oxygen atoms in total. The number of hydrogen-bond acceptors (Lipinski definition) is 2. The van der Waals surface area contributed by atoms with E-state index in [2.05, 4.69) is 19.2 Å². The molecule has 0 unspecified atom stereocenters. The van der Waals surface area contributed by atoms with Crippen molar-refractivity contribution in [3.8, 4) is 0 Å². The molecular weight excluding hydrogens is 268 g/mol. The molecule has 5 heteroatoms. The van der Waals surface area contributed by atoms with E-state index in [4.69, 9.17) is 0 Å². The van der Waals surface area contributed by atoms with Crippen LogP contribution >= 0.6 is 0 Å². The first-order valence-electron chi connectivity index (χ1n) is 8.11. The molecule has 0 spiro atoms. The lowest BCUT2D eigenvalue weighted by Crippen LogP contribution is -2.52. The van der Waals surface area contributed by atoms with Crippen LogP contribution in [0.4, 0.5) is 4.79 Å². The Morgan fingerprint density at radius 3 is 2.14 bits per heavy atom. The first kappa shape index (κ1) is 17.8. The zero-order valence-corrected chi connectivity index (χ0v) is 13.8. The van der Waals surface area contributed by atoms with E-state index < -0.39 is 12.0 Å². The molecule has 0 radical (unpaired) electrons. The molecule has 0 aromatic rings. The van der Waals surface area contributed by atoms with Crippen molar-refractivity contribution in [2.45, 2.75) is 71.9 Å². The maximum atomic E-state index is 12.5. The van der Waals surface area contributed by atoms with Crippen molar-refractivity contribution in [2.24, 2.45) is 11.8 Å². The highest BCUT2D eigenvalue weighted by atomic mass is 16.4. The number of carboxylic acids is 1. The monoisotopic (exact) mass is 298 g/mol. The lowest BCUT2D eigenvalue weighted by atomic mass is 10.0. The first-order chi connectivity index (χ1) is 9.81. The van der Waals surface area contributed by atoms with Gasteiger partial charge in [-0.3, -0.25) is 0 Å². The lowest BCUT2D eigenvalue weighted by molar-refractivity contribution is -0.139. The van der Waals surface area contributed by atoms with Gasteiger partial charge in [-0.2, -0.15) is 0 Å². The summed E-state index contributed by atoms with van der Waals surface area (Å²) in [5.41, 5.74) is 0. The molecule has 0 aromatic heterocycles. The summed E-state index contributed by atoms with van der Waals surface area (Å²) >= 11 is 0. The predicted molar refractivity (Wildman–Crippen MR) is 83.2 cm³/mol. The van der Waals surface area contributed by atoms with Gasteiger partial charge in [-0.25, -0.2) is 9.59 Å². The van der Waals surface area contributed by atoms with Gasteiger partial charge in [-0.05, 0) is 31.1 Å². The van der Waals surface area contributed by atoms with Crippen molar-refractivity contribution in [3.63, 3.8) is 0 Å². The lowest BCUT2D eigenvalue weighted by Gasteiger charge is -2.32. The second kappa shape index (κ2) is 8.25. The summed E-state index contributed by atoms with van der Waals surface area (Å²) in [6.07, 6.45) is 4.83. The minimum Gasteiger partial charge on any atom is -0.480 e. The number of hydrogen-bond donors (Lipinski definition) is 2. The SMILES string of the molecule is CC(C)C[C@@H](NC(=O)N(CC(C)C)C1CCCC1)C(=O)O. The van der Waals surface area contributed by atoms with Gasteiger partial charge in [-0.15, -0.1) is 0 Å². The number of nitrogens with zero attached hydrogens (tertiary/aromatic N) is 1. The Kier molecular flexibility index (Phi) is 6.99. The van der Waals surface area contributed by atoms with Gasteiger partial charge < -0.3 is 15.3 Å². The van der Waals surface area contributed by atoms with Crippen molar-refractivity contribution in [2.75, 3.05) is 6.54 Å². The van der Waals surface area contributed by atoms with E-state index in [0.717, 1.165) is 25.7 Å². The third kappa shape index (κ3) is 5.94. The molecule has 1 atom stereocenters. The van der Waals surface area contributed by atoms with Gasteiger partial charge in [0, 0.05) is 12.6 Å². The van der Waals surface area contributed by atoms with Gasteiger partial charge in [0.05, 0.1) is 0 Å². The number of aliphatic carboxylic acids is 1. The van der Waals surface area contributed by atoms with Crippen molar-refractivity contribution in [1.29, 1.82) is 0 Å². The topological polar surface area (TPSA) is 69.6 Å². The Labute approximate surface area is 128 Å². The van der Waals surface area contributed by atoms with Crippen molar-refractivity contribution >= 4 is 12.0 Å². The normalized spacial score (nSPS) is 17.2. The van der Waals surface area contributed by atoms with Gasteiger partial charge in [0.1, 0.15) is 6.04 Å². The molecule has 0 heterocycles. The van der Waals surface area contributed by atoms with E-state index in [9.17, 15) is 14.7 Å². The largest absolute Gasteiger partial charge is 0.480 e. The van der Waals surface area contributed by atoms with E-state index in [0.29, 0.717) is 18.9 Å². The summed E-state index contributed by atoms with van der Waals surface area (Å²) < 4.78 is 0. The van der Waals surface area contributed by atoms with Crippen LogP contribution in [0.15, 0.2) is 0 Å². The quantitative estimate of drug-likeness (QED) is 0.759. The van der Waals surface area contributed by atoms with E-state index >= 15 is 0 Å². The molecule has 1 aliphatic carbocycles. The molecule has 0 saturated heterocycles. The van der Waals surface area contributed by atoms with Crippen molar-refractivity contribution in [3.05, 3.63) is 0 Å². The second-order valence-corrected chi connectivity index (χ2v) is 6.95. The number of carbonyl (C=O) groups is 2. The van der Waals surface area contributed by atoms with Crippen molar-refractivity contribution in [1.82, 2.24) is 10.2 Å². The zero-order valence-electron chi connectivity index (χ0n) is 13.8. The summed E-state index contributed by atoms with van der Waals surface area (Å²) in [7, 11) is 0. The zero-order chi connectivity index (χ0) is 16.0. The number of rotatable bonds is 7. The fourth-order valence-electron chi connectivity index (χ4n) is 2.93. The number of amides is 2. The van der Waals surface area contributed by atoms with Crippen LogP contribution < -0.4 is 5.32 Å². The van der Waals surface area contributed by atoms with Crippen LogP contribution in [0.25, 0.3) is 0 Å². The minimum absolute atomic E-state index is 0.219. The highest BCUT2D eigenvalue weighted by molar-refractivity contribution is 5.82. The van der Waals surface area contributed by atoms with E-state index in [1.165, 1.54) is 0 Å². The minimum atomic E-state index is -0.951. The molecule has 122 valence electrons. The van der Waals surface area contributed by atoms with Crippen LogP contribution in [0.2, 0.25) is 0 Å². The summed E-state index contributed by atoms with van der Waals surface area (Å²) in [5.74, 6) is -0.339. The van der Waals surface area contributed by atoms with Gasteiger partial charge in [0.25, 0.3) is 0 Å². The Balaban J connectivity index is 2.71. The average Bonchev–Trinajstić information content (AvgIpc) is 2.87. The second-order valence-electron chi connectivity index (χ2n) is 6.95. The highest BCUT2D eigenvalue weighted by Crippen LogP contribution is 2.24. The number of carbonyl (C=O) groups excluding carboxylic acids is 1. The Hall–Kier alpha value is -1.26. The standard InChI is InChI=1S/C16H30N2O3/c1-11(2)9-14(15(19)20)17-16(21)18(10-12(3)4)13-7-5-6-8-13/h11-14H,5-10H2,1-4H3,(H,17,21)(H,19,20)/t14-/m1/s1. The molecule has 0 aliphatic heterocycles. The Bertz CT molecular complexity index is 349. The molecule has 0 aromatic carbocycles. The van der Waals surface area contributed by atoms with Gasteiger partial charge in [0.15, 0.2) is 0 Å². The number of nitrogens with one attached hydrogen (secondary N) is 1. The highest BCUT2D eigenvalue weighted by Gasteiger charge is 2.30. The Morgan fingerprint density at radius 1 is 1.14 bits per heavy atom. The van der Waals surface area contributed by atoms with Crippen LogP contribution in [0.5, 0.6) is 0 Å². The van der Waals surface area contributed by atoms with Gasteiger partial charge in [0.2, 0.25) is 0 Å². The van der Waals surface area contributed by atoms with Crippen LogP contribution in [-0.4, -0.2) is 40.6 Å². The van der Waals surface area contributed by atoms with Crippen LogP contribution in [0.1, 0.15) is 59.8 Å². The van der Waals surface area contributed by atoms with E-state index in [-0.39, 0.29) is 18.0 Å². The molecule has 21 heavy (non-hydrogen) atoms. The summed E-state index contributed by atoms with van der Waals surface area (Å²) in [6.45, 7) is 8.77. The number of urea groups is 1. The van der Waals surface area contributed by atoms with Gasteiger partial charge in [-0.1, -0.05) is 40.5 Å². The molecule has 1 fully saturated rings. The van der Waals surface area contributed by atoms with Crippen LogP contribution in [0, 0.1) is 11.8 Å². The summed E-state index contributed by atoms with van der Waals surface area (Å²) in [5, 5.41) is 12.0. The van der Waals surface area contributed by atoms with Crippen LogP contribution in [0.3, 0.4) is 0 Å². The summed E-state index contributed by atoms with van der Waals surface area (Å²) in [6, 6.07) is -0.752. The third-order valence-electron chi connectivity index (χ3n) is 3.89. The molecule has 1 aliphatic rings. The number of carboxylic acid groups (broad SMARTS) is 1. The fraction of sp³-hybridized carbons (Fsp3) is 0.875. The smallest absolute Gasteiger partial charge is 0.326 e. The third-order valence-corrected chi connectivity index (χ3v) is 3.89. The maximum Gasteiger partial charge on any atom is 0.326 e. The first-order valence-corrected chi connectivity index (χ1v) is 8.11. The Morgan fingerprint density at radius 2 is 1.71 bits per heavy atom. The maximum absolute atomic E-state index is 12.5.